The molecule has 6 aromatic carbocycles. The zero-order valence-corrected chi connectivity index (χ0v) is 24.0. The number of aromatic nitrogens is 2. The molecule has 0 bridgehead atoms. The summed E-state index contributed by atoms with van der Waals surface area (Å²) in [6, 6.07) is 51.9. The van der Waals surface area contributed by atoms with Crippen molar-refractivity contribution in [3.05, 3.63) is 146 Å². The van der Waals surface area contributed by atoms with E-state index in [0.717, 1.165) is 44.3 Å². The van der Waals surface area contributed by atoms with Crippen LogP contribution in [0.4, 0.5) is 0 Å². The summed E-state index contributed by atoms with van der Waals surface area (Å²) < 4.78 is 2.66. The van der Waals surface area contributed by atoms with E-state index >= 15 is 0 Å². The Balaban J connectivity index is 1.12. The monoisotopic (exact) mass is 564 g/mol. The van der Waals surface area contributed by atoms with Crippen molar-refractivity contribution < 1.29 is 0 Å². The van der Waals surface area contributed by atoms with Crippen LogP contribution in [0.2, 0.25) is 0 Å². The van der Waals surface area contributed by atoms with Crippen LogP contribution >= 0.6 is 11.3 Å². The lowest BCUT2D eigenvalue weighted by Crippen LogP contribution is -1.91. The smallest absolute Gasteiger partial charge is 0.0972 e. The second-order valence-electron chi connectivity index (χ2n) is 11.0. The van der Waals surface area contributed by atoms with Gasteiger partial charge >= 0.3 is 0 Å². The Hall–Kier alpha value is -5.38. The standard InChI is InChI=1S/C40H24N2S/c1-2-8-31-26(6-1)7-5-10-32(31)36-22-19-29-17-16-28-18-21-35(41-39(28)40(29)42-36)27-14-12-25(13-15-27)30-20-23-38-34(24-30)33-9-3-4-11-37(33)43-38/h1-24H. The highest BCUT2D eigenvalue weighted by atomic mass is 32.1. The van der Waals surface area contributed by atoms with E-state index in [1.807, 2.05) is 11.3 Å². The fourth-order valence-corrected chi connectivity index (χ4v) is 7.35. The predicted molar refractivity (Wildman–Crippen MR) is 184 cm³/mol. The lowest BCUT2D eigenvalue weighted by atomic mass is 10.00. The minimum absolute atomic E-state index is 0.927. The molecule has 9 rings (SSSR count). The van der Waals surface area contributed by atoms with Gasteiger partial charge in [-0.25, -0.2) is 9.97 Å². The van der Waals surface area contributed by atoms with Crippen molar-refractivity contribution in [3.63, 3.8) is 0 Å². The van der Waals surface area contributed by atoms with Crippen LogP contribution in [-0.4, -0.2) is 9.97 Å². The van der Waals surface area contributed by atoms with Gasteiger partial charge in [-0.2, -0.15) is 0 Å². The SMILES string of the molecule is c1ccc2c(-c3ccc4ccc5ccc(-c6ccc(-c7ccc8sc9ccccc9c8c7)cc6)nc5c4n3)cccc2c1. The molecular formula is C40H24N2S. The normalized spacial score (nSPS) is 11.7. The zero-order valence-electron chi connectivity index (χ0n) is 23.2. The number of hydrogen-bond acceptors (Lipinski definition) is 3. The summed E-state index contributed by atoms with van der Waals surface area (Å²) in [5.74, 6) is 0. The number of pyridine rings is 2. The van der Waals surface area contributed by atoms with Gasteiger partial charge in [-0.15, -0.1) is 11.3 Å². The Morgan fingerprint density at radius 2 is 0.977 bits per heavy atom. The minimum atomic E-state index is 0.927. The van der Waals surface area contributed by atoms with E-state index in [4.69, 9.17) is 9.97 Å². The van der Waals surface area contributed by atoms with Gasteiger partial charge in [-0.1, -0.05) is 115 Å². The van der Waals surface area contributed by atoms with Crippen molar-refractivity contribution in [1.29, 1.82) is 0 Å². The van der Waals surface area contributed by atoms with Gasteiger partial charge in [0.05, 0.1) is 22.4 Å². The van der Waals surface area contributed by atoms with Crippen LogP contribution in [-0.2, 0) is 0 Å². The van der Waals surface area contributed by atoms with E-state index in [0.29, 0.717) is 0 Å². The predicted octanol–water partition coefficient (Wildman–Crippen LogP) is 11.3. The quantitative estimate of drug-likeness (QED) is 0.199. The van der Waals surface area contributed by atoms with Crippen molar-refractivity contribution >= 4 is 64.1 Å². The molecule has 0 aliphatic heterocycles. The first-order valence-corrected chi connectivity index (χ1v) is 15.3. The second kappa shape index (κ2) is 9.59. The molecule has 3 heteroatoms. The summed E-state index contributed by atoms with van der Waals surface area (Å²) in [7, 11) is 0. The van der Waals surface area contributed by atoms with Gasteiger partial charge in [0, 0.05) is 42.1 Å². The number of thiophene rings is 1. The summed E-state index contributed by atoms with van der Waals surface area (Å²) in [6.07, 6.45) is 0. The third-order valence-electron chi connectivity index (χ3n) is 8.48. The number of benzene rings is 6. The molecule has 43 heavy (non-hydrogen) atoms. The van der Waals surface area contributed by atoms with Crippen molar-refractivity contribution in [2.24, 2.45) is 0 Å². The van der Waals surface area contributed by atoms with Gasteiger partial charge in [-0.3, -0.25) is 0 Å². The van der Waals surface area contributed by atoms with Crippen LogP contribution < -0.4 is 0 Å². The molecule has 3 aromatic heterocycles. The molecule has 9 aromatic rings. The molecule has 0 amide bonds. The number of fused-ring (bicyclic) bond motifs is 7. The Morgan fingerprint density at radius 3 is 1.81 bits per heavy atom. The molecule has 0 fully saturated rings. The maximum Gasteiger partial charge on any atom is 0.0972 e. The average molecular weight is 565 g/mol. The maximum absolute atomic E-state index is 5.19. The molecule has 0 saturated heterocycles. The largest absolute Gasteiger partial charge is 0.245 e. The fourth-order valence-electron chi connectivity index (χ4n) is 6.27. The van der Waals surface area contributed by atoms with Crippen molar-refractivity contribution in [1.82, 2.24) is 9.97 Å². The number of nitrogens with zero attached hydrogens (tertiary/aromatic N) is 2. The third-order valence-corrected chi connectivity index (χ3v) is 9.63. The van der Waals surface area contributed by atoms with Crippen LogP contribution in [0.15, 0.2) is 146 Å². The van der Waals surface area contributed by atoms with Gasteiger partial charge in [0.2, 0.25) is 0 Å². The lowest BCUT2D eigenvalue weighted by molar-refractivity contribution is 1.37. The Kier molecular flexibility index (Phi) is 5.40. The third kappa shape index (κ3) is 4.01. The van der Waals surface area contributed by atoms with Gasteiger partial charge in [0.1, 0.15) is 0 Å². The molecule has 0 aliphatic carbocycles. The van der Waals surface area contributed by atoms with Gasteiger partial charge in [0.25, 0.3) is 0 Å². The molecule has 0 atom stereocenters. The van der Waals surface area contributed by atoms with E-state index in [9.17, 15) is 0 Å². The Morgan fingerprint density at radius 1 is 0.372 bits per heavy atom. The molecule has 0 unspecified atom stereocenters. The van der Waals surface area contributed by atoms with Crippen molar-refractivity contribution in [2.75, 3.05) is 0 Å². The highest BCUT2D eigenvalue weighted by molar-refractivity contribution is 7.25. The fraction of sp³-hybridized carbons (Fsp3) is 0. The van der Waals surface area contributed by atoms with Crippen LogP contribution in [0.1, 0.15) is 0 Å². The molecule has 200 valence electrons. The average Bonchev–Trinajstić information content (AvgIpc) is 3.45. The molecule has 0 aliphatic rings. The molecule has 3 heterocycles. The molecule has 2 nitrogen and oxygen atoms in total. The summed E-state index contributed by atoms with van der Waals surface area (Å²) in [5.41, 5.74) is 8.42. The Bertz CT molecular complexity index is 2500. The summed E-state index contributed by atoms with van der Waals surface area (Å²) >= 11 is 1.85. The first-order valence-electron chi connectivity index (χ1n) is 14.5. The van der Waals surface area contributed by atoms with Crippen molar-refractivity contribution in [2.45, 2.75) is 0 Å². The van der Waals surface area contributed by atoms with Gasteiger partial charge < -0.3 is 0 Å². The first-order chi connectivity index (χ1) is 21.3. The number of rotatable bonds is 3. The summed E-state index contributed by atoms with van der Waals surface area (Å²) in [6.45, 7) is 0. The van der Waals surface area contributed by atoms with Crippen LogP contribution in [0.25, 0.3) is 86.4 Å². The van der Waals surface area contributed by atoms with E-state index in [1.54, 1.807) is 0 Å². The number of hydrogen-bond donors (Lipinski definition) is 0. The van der Waals surface area contributed by atoms with E-state index in [1.165, 1.54) is 42.1 Å². The van der Waals surface area contributed by atoms with E-state index in [2.05, 4.69) is 146 Å². The van der Waals surface area contributed by atoms with Crippen LogP contribution in [0.5, 0.6) is 0 Å². The first kappa shape index (κ1) is 24.2. The topological polar surface area (TPSA) is 25.8 Å². The molecule has 0 saturated carbocycles. The van der Waals surface area contributed by atoms with E-state index < -0.39 is 0 Å². The molecule has 0 radical (unpaired) electrons. The molecule has 0 spiro atoms. The van der Waals surface area contributed by atoms with E-state index in [-0.39, 0.29) is 0 Å². The highest BCUT2D eigenvalue weighted by Crippen LogP contribution is 2.37. The summed E-state index contributed by atoms with van der Waals surface area (Å²) in [5, 5.41) is 7.25. The lowest BCUT2D eigenvalue weighted by Gasteiger charge is -2.10. The Labute approximate surface area is 252 Å². The van der Waals surface area contributed by atoms with Crippen molar-refractivity contribution in [3.8, 4) is 33.6 Å². The van der Waals surface area contributed by atoms with Gasteiger partial charge in [0.15, 0.2) is 0 Å². The van der Waals surface area contributed by atoms with Crippen LogP contribution in [0, 0.1) is 0 Å². The summed E-state index contributed by atoms with van der Waals surface area (Å²) in [4.78, 5) is 10.4. The minimum Gasteiger partial charge on any atom is -0.245 e. The second-order valence-corrected chi connectivity index (χ2v) is 12.1. The van der Waals surface area contributed by atoms with Gasteiger partial charge in [-0.05, 0) is 52.2 Å². The molecule has 0 N–H and O–H groups in total. The zero-order chi connectivity index (χ0) is 28.3. The van der Waals surface area contributed by atoms with Crippen LogP contribution in [0.3, 0.4) is 0 Å². The molecular weight excluding hydrogens is 541 g/mol. The highest BCUT2D eigenvalue weighted by Gasteiger charge is 2.11. The maximum atomic E-state index is 5.19.